The number of carbonyl (C=O) groups excluding carboxylic acids is 1. The van der Waals surface area contributed by atoms with E-state index in [-0.39, 0.29) is 18.4 Å². The van der Waals surface area contributed by atoms with E-state index < -0.39 is 11.2 Å². The van der Waals surface area contributed by atoms with E-state index in [1.807, 2.05) is 31.2 Å². The summed E-state index contributed by atoms with van der Waals surface area (Å²) >= 11 is 1.07. The summed E-state index contributed by atoms with van der Waals surface area (Å²) in [4.78, 5) is 22.2. The minimum Gasteiger partial charge on any atom is -0.491 e. The summed E-state index contributed by atoms with van der Waals surface area (Å²) in [5.41, 5.74) is 0.816. The third-order valence-electron chi connectivity index (χ3n) is 3.26. The lowest BCUT2D eigenvalue weighted by atomic mass is 10.2. The number of benzene rings is 1. The van der Waals surface area contributed by atoms with Crippen molar-refractivity contribution in [2.45, 2.75) is 38.0 Å². The summed E-state index contributed by atoms with van der Waals surface area (Å²) < 4.78 is 5.73. The van der Waals surface area contributed by atoms with Crippen LogP contribution in [0.15, 0.2) is 34.5 Å². The van der Waals surface area contributed by atoms with Gasteiger partial charge in [-0.2, -0.15) is 5.10 Å². The standard InChI is InChI=1S/C16H19N3O4S/c1-3-10(2)23-12-6-4-5-11(7-12)9-17-19-16-18-15(22)13(24-16)8-14(20)21/h4-7,9-10,13H,3,8H2,1-2H3,(H,20,21)(H,18,19,22). The Morgan fingerprint density at radius 3 is 3.04 bits per heavy atom. The molecule has 0 aromatic heterocycles. The third kappa shape index (κ3) is 5.38. The van der Waals surface area contributed by atoms with Gasteiger partial charge in [-0.15, -0.1) is 5.10 Å². The Balaban J connectivity index is 1.97. The Kier molecular flexibility index (Phi) is 6.36. The van der Waals surface area contributed by atoms with Gasteiger partial charge in [-0.1, -0.05) is 30.8 Å². The van der Waals surface area contributed by atoms with Crippen LogP contribution in [0, 0.1) is 0 Å². The molecule has 1 amide bonds. The number of amides is 1. The lowest BCUT2D eigenvalue weighted by Gasteiger charge is -2.12. The minimum atomic E-state index is -1.02. The molecule has 2 rings (SSSR count). The van der Waals surface area contributed by atoms with E-state index in [0.717, 1.165) is 29.5 Å². The van der Waals surface area contributed by atoms with Gasteiger partial charge in [0.15, 0.2) is 5.17 Å². The van der Waals surface area contributed by atoms with Crippen LogP contribution in [0.5, 0.6) is 5.75 Å². The van der Waals surface area contributed by atoms with Crippen molar-refractivity contribution in [3.8, 4) is 5.75 Å². The zero-order valence-corrected chi connectivity index (χ0v) is 14.2. The molecule has 1 heterocycles. The Morgan fingerprint density at radius 2 is 2.33 bits per heavy atom. The summed E-state index contributed by atoms with van der Waals surface area (Å²) in [5, 5.41) is 18.7. The van der Waals surface area contributed by atoms with Crippen LogP contribution in [-0.2, 0) is 9.59 Å². The molecule has 1 aromatic rings. The summed E-state index contributed by atoms with van der Waals surface area (Å²) in [6.07, 6.45) is 2.36. The van der Waals surface area contributed by atoms with Crippen molar-refractivity contribution in [1.82, 2.24) is 5.32 Å². The average Bonchev–Trinajstić information content (AvgIpc) is 2.86. The SMILES string of the molecule is CCC(C)Oc1cccc(C=NN=C2NC(=O)C(CC(=O)O)S2)c1. The van der Waals surface area contributed by atoms with Crippen molar-refractivity contribution in [3.05, 3.63) is 29.8 Å². The van der Waals surface area contributed by atoms with E-state index in [2.05, 4.69) is 22.4 Å². The number of carboxylic acids is 1. The lowest BCUT2D eigenvalue weighted by Crippen LogP contribution is -2.26. The van der Waals surface area contributed by atoms with Crippen LogP contribution in [0.4, 0.5) is 0 Å². The predicted molar refractivity (Wildman–Crippen MR) is 93.6 cm³/mol. The van der Waals surface area contributed by atoms with E-state index >= 15 is 0 Å². The molecule has 0 radical (unpaired) electrons. The topological polar surface area (TPSA) is 100 Å². The van der Waals surface area contributed by atoms with Crippen LogP contribution in [0.2, 0.25) is 0 Å². The van der Waals surface area contributed by atoms with Gasteiger partial charge in [0.2, 0.25) is 5.91 Å². The molecule has 2 atom stereocenters. The van der Waals surface area contributed by atoms with Gasteiger partial charge in [0, 0.05) is 0 Å². The Morgan fingerprint density at radius 1 is 1.54 bits per heavy atom. The van der Waals surface area contributed by atoms with E-state index in [4.69, 9.17) is 9.84 Å². The highest BCUT2D eigenvalue weighted by Crippen LogP contribution is 2.22. The van der Waals surface area contributed by atoms with Crippen molar-refractivity contribution in [2.24, 2.45) is 10.2 Å². The second kappa shape index (κ2) is 8.49. The van der Waals surface area contributed by atoms with Gasteiger partial charge >= 0.3 is 5.97 Å². The van der Waals surface area contributed by atoms with Gasteiger partial charge in [-0.25, -0.2) is 0 Å². The monoisotopic (exact) mass is 349 g/mol. The van der Waals surface area contributed by atoms with E-state index in [1.54, 1.807) is 6.21 Å². The number of thioether (sulfide) groups is 1. The number of hydrogen-bond acceptors (Lipinski definition) is 6. The number of nitrogens with one attached hydrogen (secondary N) is 1. The number of carboxylic acid groups (broad SMARTS) is 1. The number of aliphatic carboxylic acids is 1. The number of nitrogens with zero attached hydrogens (tertiary/aromatic N) is 2. The number of ether oxygens (including phenoxy) is 1. The fourth-order valence-electron chi connectivity index (χ4n) is 1.88. The first-order chi connectivity index (χ1) is 11.5. The van der Waals surface area contributed by atoms with Crippen molar-refractivity contribution < 1.29 is 19.4 Å². The summed E-state index contributed by atoms with van der Waals surface area (Å²) in [5.74, 6) is -0.628. The Hall–Kier alpha value is -2.35. The molecule has 1 aromatic carbocycles. The molecule has 0 saturated carbocycles. The number of carbonyl (C=O) groups is 2. The first-order valence-corrected chi connectivity index (χ1v) is 8.43. The number of amidine groups is 1. The molecule has 0 spiro atoms. The quantitative estimate of drug-likeness (QED) is 0.581. The van der Waals surface area contributed by atoms with Crippen molar-refractivity contribution in [3.63, 3.8) is 0 Å². The molecule has 128 valence electrons. The van der Waals surface area contributed by atoms with Gasteiger partial charge in [0.05, 0.1) is 18.7 Å². The minimum absolute atomic E-state index is 0.133. The molecule has 1 saturated heterocycles. The normalized spacial score (nSPS) is 20.3. The third-order valence-corrected chi connectivity index (χ3v) is 4.33. The first-order valence-electron chi connectivity index (χ1n) is 7.55. The Bertz CT molecular complexity index is 675. The van der Waals surface area contributed by atoms with Crippen LogP contribution in [0.1, 0.15) is 32.3 Å². The molecule has 1 fully saturated rings. The van der Waals surface area contributed by atoms with Gasteiger partial charge in [-0.3, -0.25) is 9.59 Å². The smallest absolute Gasteiger partial charge is 0.305 e. The number of hydrogen-bond donors (Lipinski definition) is 2. The molecule has 1 aliphatic heterocycles. The average molecular weight is 349 g/mol. The second-order valence-corrected chi connectivity index (χ2v) is 6.44. The molecule has 1 aliphatic rings. The molecule has 8 heteroatoms. The maximum Gasteiger partial charge on any atom is 0.305 e. The molecular weight excluding hydrogens is 330 g/mol. The van der Waals surface area contributed by atoms with Gasteiger partial charge in [-0.05, 0) is 31.0 Å². The fraction of sp³-hybridized carbons (Fsp3) is 0.375. The predicted octanol–water partition coefficient (Wildman–Crippen LogP) is 2.26. The van der Waals surface area contributed by atoms with E-state index in [0.29, 0.717) is 5.17 Å². The Labute approximate surface area is 144 Å². The zero-order valence-electron chi connectivity index (χ0n) is 13.4. The van der Waals surface area contributed by atoms with Gasteiger partial charge in [0.25, 0.3) is 0 Å². The van der Waals surface area contributed by atoms with Gasteiger partial charge in [0.1, 0.15) is 11.0 Å². The van der Waals surface area contributed by atoms with Crippen molar-refractivity contribution in [1.29, 1.82) is 0 Å². The number of rotatable bonds is 7. The molecule has 0 aliphatic carbocycles. The van der Waals surface area contributed by atoms with Crippen LogP contribution in [0.25, 0.3) is 0 Å². The fourth-order valence-corrected chi connectivity index (χ4v) is 2.79. The molecule has 2 unspecified atom stereocenters. The van der Waals surface area contributed by atoms with E-state index in [9.17, 15) is 9.59 Å². The zero-order chi connectivity index (χ0) is 17.5. The highest BCUT2D eigenvalue weighted by molar-refractivity contribution is 8.15. The maximum atomic E-state index is 11.6. The van der Waals surface area contributed by atoms with Crippen LogP contribution < -0.4 is 10.1 Å². The lowest BCUT2D eigenvalue weighted by molar-refractivity contribution is -0.138. The summed E-state index contributed by atoms with van der Waals surface area (Å²) in [6.45, 7) is 4.05. The highest BCUT2D eigenvalue weighted by Gasteiger charge is 2.32. The second-order valence-electron chi connectivity index (χ2n) is 5.25. The van der Waals surface area contributed by atoms with E-state index in [1.165, 1.54) is 0 Å². The molecule has 2 N–H and O–H groups in total. The summed E-state index contributed by atoms with van der Waals surface area (Å²) in [6, 6.07) is 7.45. The van der Waals surface area contributed by atoms with Crippen LogP contribution >= 0.6 is 11.8 Å². The van der Waals surface area contributed by atoms with Gasteiger partial charge < -0.3 is 15.2 Å². The molecule has 24 heavy (non-hydrogen) atoms. The van der Waals surface area contributed by atoms with Crippen LogP contribution in [-0.4, -0.2) is 39.7 Å². The maximum absolute atomic E-state index is 11.6. The summed E-state index contributed by atoms with van der Waals surface area (Å²) in [7, 11) is 0. The molecular formula is C16H19N3O4S. The van der Waals surface area contributed by atoms with Crippen molar-refractivity contribution >= 4 is 35.0 Å². The highest BCUT2D eigenvalue weighted by atomic mass is 32.2. The molecule has 0 bridgehead atoms. The first kappa shape index (κ1) is 18.0. The largest absolute Gasteiger partial charge is 0.491 e. The van der Waals surface area contributed by atoms with Crippen LogP contribution in [0.3, 0.4) is 0 Å². The molecule has 7 nitrogen and oxygen atoms in total. The van der Waals surface area contributed by atoms with Crippen molar-refractivity contribution in [2.75, 3.05) is 0 Å².